The number of hydrogen-bond donors (Lipinski definition) is 1. The maximum absolute atomic E-state index is 10.9. The van der Waals surface area contributed by atoms with Crippen LogP contribution in [0.15, 0.2) is 30.3 Å². The molecule has 1 heterocycles. The first-order chi connectivity index (χ1) is 7.59. The Kier molecular flexibility index (Phi) is 2.69. The van der Waals surface area contributed by atoms with Gasteiger partial charge < -0.3 is 9.67 Å². The van der Waals surface area contributed by atoms with Gasteiger partial charge in [-0.2, -0.15) is 0 Å². The second-order valence-electron chi connectivity index (χ2n) is 4.26. The summed E-state index contributed by atoms with van der Waals surface area (Å²) in [5, 5.41) is 10.0. The highest BCUT2D eigenvalue weighted by Crippen LogP contribution is 2.25. The minimum absolute atomic E-state index is 0.0288. The molecule has 1 N–H and O–H groups in total. The monoisotopic (exact) mass is 217 g/mol. The van der Waals surface area contributed by atoms with E-state index in [0.717, 1.165) is 16.6 Å². The molecule has 16 heavy (non-hydrogen) atoms. The van der Waals surface area contributed by atoms with Crippen LogP contribution in [0.1, 0.15) is 25.5 Å². The number of aliphatic carboxylic acids is 1. The number of benzene rings is 1. The largest absolute Gasteiger partial charge is 0.480 e. The number of aromatic nitrogens is 1. The number of carboxylic acids is 1. The van der Waals surface area contributed by atoms with Gasteiger partial charge in [0.25, 0.3) is 0 Å². The van der Waals surface area contributed by atoms with Crippen LogP contribution in [0.5, 0.6) is 0 Å². The zero-order chi connectivity index (χ0) is 11.7. The molecule has 3 heteroatoms. The molecule has 2 aromatic rings. The van der Waals surface area contributed by atoms with E-state index in [4.69, 9.17) is 5.11 Å². The van der Waals surface area contributed by atoms with Crippen LogP contribution in [0.3, 0.4) is 0 Å². The zero-order valence-electron chi connectivity index (χ0n) is 9.47. The van der Waals surface area contributed by atoms with Gasteiger partial charge >= 0.3 is 5.97 Å². The van der Waals surface area contributed by atoms with Crippen molar-refractivity contribution in [1.82, 2.24) is 4.57 Å². The van der Waals surface area contributed by atoms with E-state index >= 15 is 0 Å². The van der Waals surface area contributed by atoms with Crippen molar-refractivity contribution in [3.63, 3.8) is 0 Å². The lowest BCUT2D eigenvalue weighted by Crippen LogP contribution is -2.12. The Morgan fingerprint density at radius 3 is 2.69 bits per heavy atom. The Hall–Kier alpha value is -1.77. The lowest BCUT2D eigenvalue weighted by Gasteiger charge is -2.10. The fourth-order valence-corrected chi connectivity index (χ4v) is 2.02. The van der Waals surface area contributed by atoms with Crippen LogP contribution in [0.2, 0.25) is 0 Å². The fraction of sp³-hybridized carbons (Fsp3) is 0.308. The third kappa shape index (κ3) is 1.81. The van der Waals surface area contributed by atoms with Gasteiger partial charge in [0.1, 0.15) is 6.54 Å². The molecule has 1 aromatic carbocycles. The summed E-state index contributed by atoms with van der Waals surface area (Å²) in [7, 11) is 0. The summed E-state index contributed by atoms with van der Waals surface area (Å²) in [6, 6.07) is 9.95. The fourth-order valence-electron chi connectivity index (χ4n) is 2.02. The maximum Gasteiger partial charge on any atom is 0.323 e. The highest BCUT2D eigenvalue weighted by atomic mass is 16.4. The van der Waals surface area contributed by atoms with E-state index in [1.807, 2.05) is 28.8 Å². The Bertz CT molecular complexity index is 526. The molecular formula is C13H15NO2. The van der Waals surface area contributed by atoms with Crippen molar-refractivity contribution in [3.8, 4) is 0 Å². The Morgan fingerprint density at radius 1 is 1.38 bits per heavy atom. The molecule has 0 saturated carbocycles. The zero-order valence-corrected chi connectivity index (χ0v) is 9.47. The van der Waals surface area contributed by atoms with E-state index < -0.39 is 5.97 Å². The van der Waals surface area contributed by atoms with Crippen LogP contribution in [-0.4, -0.2) is 15.6 Å². The third-order valence-corrected chi connectivity index (χ3v) is 2.73. The van der Waals surface area contributed by atoms with Gasteiger partial charge in [0.15, 0.2) is 0 Å². The number of carbonyl (C=O) groups is 1. The Balaban J connectivity index is 2.64. The number of rotatable bonds is 3. The molecule has 0 fully saturated rings. The van der Waals surface area contributed by atoms with E-state index in [-0.39, 0.29) is 6.54 Å². The van der Waals surface area contributed by atoms with Crippen LogP contribution < -0.4 is 0 Å². The van der Waals surface area contributed by atoms with Crippen LogP contribution in [0.25, 0.3) is 10.9 Å². The van der Waals surface area contributed by atoms with Gasteiger partial charge in [-0.25, -0.2) is 0 Å². The summed E-state index contributed by atoms with van der Waals surface area (Å²) in [6.45, 7) is 4.18. The molecule has 0 aliphatic rings. The number of para-hydroxylation sites is 1. The van der Waals surface area contributed by atoms with Crippen LogP contribution in [0, 0.1) is 0 Å². The molecule has 0 bridgehead atoms. The predicted molar refractivity (Wildman–Crippen MR) is 63.7 cm³/mol. The SMILES string of the molecule is CC(C)c1cc2ccccc2n1CC(=O)O. The highest BCUT2D eigenvalue weighted by molar-refractivity contribution is 5.83. The van der Waals surface area contributed by atoms with Crippen molar-refractivity contribution < 1.29 is 9.90 Å². The molecule has 0 saturated heterocycles. The van der Waals surface area contributed by atoms with Crippen LogP contribution >= 0.6 is 0 Å². The van der Waals surface area contributed by atoms with Crippen molar-refractivity contribution in [2.24, 2.45) is 0 Å². The van der Waals surface area contributed by atoms with Gasteiger partial charge in [-0.15, -0.1) is 0 Å². The first-order valence-corrected chi connectivity index (χ1v) is 5.39. The van der Waals surface area contributed by atoms with Crippen LogP contribution in [-0.2, 0) is 11.3 Å². The van der Waals surface area contributed by atoms with E-state index in [9.17, 15) is 4.79 Å². The van der Waals surface area contributed by atoms with Crippen molar-refractivity contribution in [3.05, 3.63) is 36.0 Å². The number of carboxylic acid groups (broad SMARTS) is 1. The van der Waals surface area contributed by atoms with Gasteiger partial charge in [0, 0.05) is 11.2 Å². The molecule has 2 rings (SSSR count). The minimum atomic E-state index is -0.803. The first kappa shape index (κ1) is 10.7. The number of nitrogens with zero attached hydrogens (tertiary/aromatic N) is 1. The van der Waals surface area contributed by atoms with Gasteiger partial charge in [-0.05, 0) is 23.4 Å². The summed E-state index contributed by atoms with van der Waals surface area (Å²) in [6.07, 6.45) is 0. The van der Waals surface area contributed by atoms with Gasteiger partial charge in [0.2, 0.25) is 0 Å². The molecule has 84 valence electrons. The summed E-state index contributed by atoms with van der Waals surface area (Å²) in [5.41, 5.74) is 2.07. The van der Waals surface area contributed by atoms with E-state index in [0.29, 0.717) is 5.92 Å². The van der Waals surface area contributed by atoms with Gasteiger partial charge in [-0.1, -0.05) is 32.0 Å². The lowest BCUT2D eigenvalue weighted by atomic mass is 10.1. The van der Waals surface area contributed by atoms with E-state index in [2.05, 4.69) is 19.9 Å². The Morgan fingerprint density at radius 2 is 2.06 bits per heavy atom. The highest BCUT2D eigenvalue weighted by Gasteiger charge is 2.13. The summed E-state index contributed by atoms with van der Waals surface area (Å²) < 4.78 is 1.88. The summed E-state index contributed by atoms with van der Waals surface area (Å²) >= 11 is 0. The van der Waals surface area contributed by atoms with Gasteiger partial charge in [-0.3, -0.25) is 4.79 Å². The molecule has 0 amide bonds. The second-order valence-corrected chi connectivity index (χ2v) is 4.26. The standard InChI is InChI=1S/C13H15NO2/c1-9(2)12-7-10-5-3-4-6-11(10)14(12)8-13(15)16/h3-7,9H,8H2,1-2H3,(H,15,16). The van der Waals surface area contributed by atoms with Crippen molar-refractivity contribution in [2.45, 2.75) is 26.3 Å². The van der Waals surface area contributed by atoms with Gasteiger partial charge in [0.05, 0.1) is 0 Å². The number of fused-ring (bicyclic) bond motifs is 1. The molecule has 1 aromatic heterocycles. The van der Waals surface area contributed by atoms with Crippen molar-refractivity contribution >= 4 is 16.9 Å². The quantitative estimate of drug-likeness (QED) is 0.859. The molecule has 0 aliphatic carbocycles. The third-order valence-electron chi connectivity index (χ3n) is 2.73. The average molecular weight is 217 g/mol. The topological polar surface area (TPSA) is 42.2 Å². The molecule has 3 nitrogen and oxygen atoms in total. The molecule has 0 aliphatic heterocycles. The summed E-state index contributed by atoms with van der Waals surface area (Å²) in [4.78, 5) is 10.9. The maximum atomic E-state index is 10.9. The predicted octanol–water partition coefficient (Wildman–Crippen LogP) is 2.85. The van der Waals surface area contributed by atoms with E-state index in [1.54, 1.807) is 0 Å². The molecule has 0 spiro atoms. The first-order valence-electron chi connectivity index (χ1n) is 5.39. The molecule has 0 atom stereocenters. The van der Waals surface area contributed by atoms with Crippen molar-refractivity contribution in [1.29, 1.82) is 0 Å². The van der Waals surface area contributed by atoms with E-state index in [1.165, 1.54) is 0 Å². The summed E-state index contributed by atoms with van der Waals surface area (Å²) in [5.74, 6) is -0.477. The molecule has 0 unspecified atom stereocenters. The normalized spacial score (nSPS) is 11.2. The molecular weight excluding hydrogens is 202 g/mol. The number of hydrogen-bond acceptors (Lipinski definition) is 1. The van der Waals surface area contributed by atoms with Crippen molar-refractivity contribution in [2.75, 3.05) is 0 Å². The second kappa shape index (κ2) is 4.00. The molecule has 0 radical (unpaired) electrons. The van der Waals surface area contributed by atoms with Crippen LogP contribution in [0.4, 0.5) is 0 Å². The smallest absolute Gasteiger partial charge is 0.323 e. The Labute approximate surface area is 94.3 Å². The average Bonchev–Trinajstić information content (AvgIpc) is 2.57. The lowest BCUT2D eigenvalue weighted by molar-refractivity contribution is -0.137. The minimum Gasteiger partial charge on any atom is -0.480 e.